The number of carbonyl (C=O) groups excluding carboxylic acids is 1. The third-order valence-corrected chi connectivity index (χ3v) is 6.91. The largest absolute Gasteiger partial charge is 0.354 e. The summed E-state index contributed by atoms with van der Waals surface area (Å²) < 4.78 is 0. The molecule has 1 aliphatic heterocycles. The summed E-state index contributed by atoms with van der Waals surface area (Å²) in [7, 11) is 0. The molecule has 31 heavy (non-hydrogen) atoms. The first kappa shape index (κ1) is 18.2. The lowest BCUT2D eigenvalue weighted by atomic mass is 9.93. The highest BCUT2D eigenvalue weighted by Crippen LogP contribution is 2.46. The van der Waals surface area contributed by atoms with Crippen molar-refractivity contribution in [2.45, 2.75) is 12.6 Å². The number of aromatic amines is 1. The van der Waals surface area contributed by atoms with Gasteiger partial charge in [0.15, 0.2) is 0 Å². The van der Waals surface area contributed by atoms with Gasteiger partial charge in [-0.05, 0) is 34.7 Å². The summed E-state index contributed by atoms with van der Waals surface area (Å²) in [4.78, 5) is 20.4. The lowest BCUT2D eigenvalue weighted by Crippen LogP contribution is -2.28. The number of H-pyrrole nitrogens is 1. The Balaban J connectivity index is 1.62. The van der Waals surface area contributed by atoms with Crippen LogP contribution in [0.2, 0.25) is 0 Å². The zero-order valence-electron chi connectivity index (χ0n) is 16.8. The molecule has 0 saturated carbocycles. The second-order valence-corrected chi connectivity index (χ2v) is 8.86. The summed E-state index contributed by atoms with van der Waals surface area (Å²) in [5.74, 6) is 0.0956. The molecule has 150 valence electrons. The molecule has 2 aromatic heterocycles. The Morgan fingerprint density at radius 2 is 1.61 bits per heavy atom. The Bertz CT molecular complexity index is 1390. The molecule has 1 atom stereocenters. The van der Waals surface area contributed by atoms with E-state index in [0.717, 1.165) is 38.9 Å². The molecular formula is C27H20N2OS. The van der Waals surface area contributed by atoms with Gasteiger partial charge in [-0.2, -0.15) is 0 Å². The van der Waals surface area contributed by atoms with Crippen LogP contribution < -0.4 is 0 Å². The van der Waals surface area contributed by atoms with Crippen LogP contribution in [0.5, 0.6) is 0 Å². The maximum Gasteiger partial charge on any atom is 0.255 e. The van der Waals surface area contributed by atoms with Crippen molar-refractivity contribution in [2.24, 2.45) is 0 Å². The van der Waals surface area contributed by atoms with Gasteiger partial charge in [0, 0.05) is 26.9 Å². The number of thiophene rings is 1. The Labute approximate surface area is 184 Å². The lowest BCUT2D eigenvalue weighted by Gasteiger charge is -2.26. The number of nitrogens with one attached hydrogen (secondary N) is 1. The van der Waals surface area contributed by atoms with Gasteiger partial charge in [0.2, 0.25) is 0 Å². The normalized spacial score (nSPS) is 15.5. The summed E-state index contributed by atoms with van der Waals surface area (Å²) >= 11 is 1.69. The maximum atomic E-state index is 13.5. The maximum absolute atomic E-state index is 13.5. The van der Waals surface area contributed by atoms with Crippen molar-refractivity contribution in [2.75, 3.05) is 0 Å². The molecule has 0 saturated heterocycles. The molecule has 0 spiro atoms. The van der Waals surface area contributed by atoms with E-state index in [0.29, 0.717) is 6.54 Å². The fourth-order valence-electron chi connectivity index (χ4n) is 4.70. The number of rotatable bonds is 4. The number of hydrogen-bond donors (Lipinski definition) is 1. The monoisotopic (exact) mass is 420 g/mol. The molecule has 1 aliphatic rings. The SMILES string of the molecule is O=C1c2ccccc2[C@@H](c2c(-c3ccccc3)[nH]c3ccccc23)N1Cc1cccs1. The zero-order chi connectivity index (χ0) is 20.8. The van der Waals surface area contributed by atoms with Gasteiger partial charge in [-0.15, -0.1) is 11.3 Å². The Morgan fingerprint density at radius 3 is 2.45 bits per heavy atom. The minimum Gasteiger partial charge on any atom is -0.354 e. The van der Waals surface area contributed by atoms with Crippen LogP contribution >= 0.6 is 11.3 Å². The number of fused-ring (bicyclic) bond motifs is 2. The predicted octanol–water partition coefficient (Wildman–Crippen LogP) is 6.64. The molecule has 0 unspecified atom stereocenters. The average molecular weight is 421 g/mol. The van der Waals surface area contributed by atoms with Crippen molar-refractivity contribution < 1.29 is 4.79 Å². The van der Waals surface area contributed by atoms with Gasteiger partial charge in [0.05, 0.1) is 18.3 Å². The number of aromatic nitrogens is 1. The Hall–Kier alpha value is -3.63. The Kier molecular flexibility index (Phi) is 4.25. The smallest absolute Gasteiger partial charge is 0.255 e. The van der Waals surface area contributed by atoms with Crippen LogP contribution in [0.25, 0.3) is 22.2 Å². The first-order valence-electron chi connectivity index (χ1n) is 10.4. The van der Waals surface area contributed by atoms with Crippen LogP contribution in [0.3, 0.4) is 0 Å². The standard InChI is InChI=1S/C27H20N2OS/c30-27-21-13-5-4-12-20(21)26(29(27)17-19-11-8-16-31-19)24-22-14-6-7-15-23(22)28-25(24)18-9-2-1-3-10-18/h1-16,26,28H,17H2/t26-/m0/s1. The van der Waals surface area contributed by atoms with Gasteiger partial charge in [-0.1, -0.05) is 72.8 Å². The van der Waals surface area contributed by atoms with E-state index in [2.05, 4.69) is 71.0 Å². The van der Waals surface area contributed by atoms with Crippen LogP contribution in [0.4, 0.5) is 0 Å². The highest BCUT2D eigenvalue weighted by molar-refractivity contribution is 7.09. The quantitative estimate of drug-likeness (QED) is 0.347. The lowest BCUT2D eigenvalue weighted by molar-refractivity contribution is 0.0739. The summed E-state index contributed by atoms with van der Waals surface area (Å²) in [6, 6.07) is 30.8. The highest BCUT2D eigenvalue weighted by Gasteiger charge is 2.40. The number of hydrogen-bond acceptors (Lipinski definition) is 2. The number of benzene rings is 3. The molecule has 1 N–H and O–H groups in total. The zero-order valence-corrected chi connectivity index (χ0v) is 17.6. The van der Waals surface area contributed by atoms with E-state index in [1.54, 1.807) is 11.3 Å². The van der Waals surface area contributed by atoms with E-state index < -0.39 is 0 Å². The van der Waals surface area contributed by atoms with Crippen molar-refractivity contribution in [3.63, 3.8) is 0 Å². The molecule has 0 aliphatic carbocycles. The number of nitrogens with zero attached hydrogens (tertiary/aromatic N) is 1. The molecule has 0 bridgehead atoms. The number of para-hydroxylation sites is 1. The van der Waals surface area contributed by atoms with Crippen LogP contribution in [-0.2, 0) is 6.54 Å². The minimum atomic E-state index is -0.142. The fraction of sp³-hybridized carbons (Fsp3) is 0.0741. The minimum absolute atomic E-state index is 0.0956. The van der Waals surface area contributed by atoms with Crippen molar-refractivity contribution in [1.29, 1.82) is 0 Å². The topological polar surface area (TPSA) is 36.1 Å². The van der Waals surface area contributed by atoms with Crippen molar-refractivity contribution in [3.05, 3.63) is 118 Å². The molecule has 3 nitrogen and oxygen atoms in total. The van der Waals surface area contributed by atoms with Gasteiger partial charge in [0.1, 0.15) is 0 Å². The van der Waals surface area contributed by atoms with Gasteiger partial charge >= 0.3 is 0 Å². The molecule has 5 aromatic rings. The molecule has 0 radical (unpaired) electrons. The second kappa shape index (κ2) is 7.25. The van der Waals surface area contributed by atoms with Gasteiger partial charge in [-0.25, -0.2) is 0 Å². The highest BCUT2D eigenvalue weighted by atomic mass is 32.1. The van der Waals surface area contributed by atoms with Crippen molar-refractivity contribution in [3.8, 4) is 11.3 Å². The molecule has 6 rings (SSSR count). The first-order chi connectivity index (χ1) is 15.3. The van der Waals surface area contributed by atoms with Gasteiger partial charge < -0.3 is 9.88 Å². The summed E-state index contributed by atoms with van der Waals surface area (Å²) in [5, 5.41) is 3.23. The van der Waals surface area contributed by atoms with Crippen LogP contribution in [0.1, 0.15) is 32.4 Å². The summed E-state index contributed by atoms with van der Waals surface area (Å²) in [6.07, 6.45) is 0. The van der Waals surface area contributed by atoms with Crippen molar-refractivity contribution >= 4 is 28.1 Å². The molecule has 3 heterocycles. The van der Waals surface area contributed by atoms with Crippen LogP contribution in [-0.4, -0.2) is 15.8 Å². The third kappa shape index (κ3) is 2.91. The second-order valence-electron chi connectivity index (χ2n) is 7.83. The van der Waals surface area contributed by atoms with E-state index in [4.69, 9.17) is 0 Å². The third-order valence-electron chi connectivity index (χ3n) is 6.05. The van der Waals surface area contributed by atoms with E-state index >= 15 is 0 Å². The number of carbonyl (C=O) groups is 1. The molecular weight excluding hydrogens is 400 g/mol. The fourth-order valence-corrected chi connectivity index (χ4v) is 5.40. The summed E-state index contributed by atoms with van der Waals surface area (Å²) in [6.45, 7) is 0.601. The van der Waals surface area contributed by atoms with Crippen molar-refractivity contribution in [1.82, 2.24) is 9.88 Å². The predicted molar refractivity (Wildman–Crippen MR) is 126 cm³/mol. The number of amides is 1. The van der Waals surface area contributed by atoms with E-state index in [1.165, 1.54) is 4.88 Å². The van der Waals surface area contributed by atoms with E-state index in [-0.39, 0.29) is 11.9 Å². The first-order valence-corrected chi connectivity index (χ1v) is 11.3. The van der Waals surface area contributed by atoms with E-state index in [9.17, 15) is 4.79 Å². The molecule has 4 heteroatoms. The molecule has 3 aromatic carbocycles. The van der Waals surface area contributed by atoms with Crippen LogP contribution in [0, 0.1) is 0 Å². The van der Waals surface area contributed by atoms with E-state index in [1.807, 2.05) is 35.2 Å². The van der Waals surface area contributed by atoms with Crippen LogP contribution in [0.15, 0.2) is 96.4 Å². The Morgan fingerprint density at radius 1 is 0.839 bits per heavy atom. The summed E-state index contributed by atoms with van der Waals surface area (Å²) in [5.41, 5.74) is 6.33. The molecule has 0 fully saturated rings. The van der Waals surface area contributed by atoms with Gasteiger partial charge in [-0.3, -0.25) is 4.79 Å². The molecule has 1 amide bonds. The average Bonchev–Trinajstić information content (AvgIpc) is 3.53. The van der Waals surface area contributed by atoms with Gasteiger partial charge in [0.25, 0.3) is 5.91 Å².